The third kappa shape index (κ3) is 5.78. The van der Waals surface area contributed by atoms with E-state index in [9.17, 15) is 0 Å². The topological polar surface area (TPSA) is 12.4 Å². The van der Waals surface area contributed by atoms with Crippen LogP contribution in [0.15, 0.2) is 122 Å². The Bertz CT molecular complexity index is 988. The van der Waals surface area contributed by atoms with Crippen molar-refractivity contribution in [2.75, 3.05) is 0 Å². The molecule has 3 aromatic rings. The molecule has 0 amide bonds. The fraction of sp³-hybridized carbons (Fsp3) is 0.148. The van der Waals surface area contributed by atoms with Crippen LogP contribution in [0.5, 0.6) is 0 Å². The zero-order valence-corrected chi connectivity index (χ0v) is 18.8. The van der Waals surface area contributed by atoms with E-state index in [1.54, 1.807) is 23.5 Å². The first-order valence-corrected chi connectivity index (χ1v) is 12.0. The first kappa shape index (κ1) is 20.8. The van der Waals surface area contributed by atoms with E-state index in [2.05, 4.69) is 103 Å². The minimum Gasteiger partial charge on any atom is -0.248 e. The number of rotatable bonds is 5. The second-order valence-electron chi connectivity index (χ2n) is 7.30. The van der Waals surface area contributed by atoms with Crippen LogP contribution in [0, 0.1) is 6.92 Å². The van der Waals surface area contributed by atoms with Crippen molar-refractivity contribution in [3.8, 4) is 0 Å². The lowest BCUT2D eigenvalue weighted by Crippen LogP contribution is -2.12. The summed E-state index contributed by atoms with van der Waals surface area (Å²) < 4.78 is 0. The Hall–Kier alpha value is -2.49. The normalized spacial score (nSPS) is 16.8. The van der Waals surface area contributed by atoms with Gasteiger partial charge in [-0.2, -0.15) is 0 Å². The predicted molar refractivity (Wildman–Crippen MR) is 133 cm³/mol. The van der Waals surface area contributed by atoms with Crippen LogP contribution in [-0.2, 0) is 0 Å². The summed E-state index contributed by atoms with van der Waals surface area (Å²) in [6.07, 6.45) is 3.30. The van der Waals surface area contributed by atoms with Crippen molar-refractivity contribution >= 4 is 34.9 Å². The van der Waals surface area contributed by atoms with Gasteiger partial charge >= 0.3 is 0 Å². The molecule has 0 aliphatic heterocycles. The molecular weight excluding hydrogens is 402 g/mol. The molecule has 1 fully saturated rings. The van der Waals surface area contributed by atoms with E-state index in [0.717, 1.165) is 30.7 Å². The number of thioether (sulfide) groups is 2. The monoisotopic (exact) mass is 427 g/mol. The molecule has 150 valence electrons. The first-order valence-electron chi connectivity index (χ1n) is 10.3. The zero-order valence-electron chi connectivity index (χ0n) is 17.1. The van der Waals surface area contributed by atoms with Crippen molar-refractivity contribution in [1.29, 1.82) is 0 Å². The molecule has 1 aliphatic carbocycles. The highest BCUT2D eigenvalue weighted by Crippen LogP contribution is 2.34. The van der Waals surface area contributed by atoms with E-state index in [1.165, 1.54) is 26.5 Å². The molecule has 0 unspecified atom stereocenters. The van der Waals surface area contributed by atoms with E-state index in [0.29, 0.717) is 0 Å². The van der Waals surface area contributed by atoms with Crippen molar-refractivity contribution in [3.63, 3.8) is 0 Å². The molecule has 0 spiro atoms. The SMILES string of the molecule is Cc1ccc(N=C2C(=CSc3ccccc3)CCCC2=CSc2ccccc2)cc1. The lowest BCUT2D eigenvalue weighted by molar-refractivity contribution is 0.814. The Morgan fingerprint density at radius 2 is 1.17 bits per heavy atom. The number of nitrogens with zero attached hydrogens (tertiary/aromatic N) is 1. The van der Waals surface area contributed by atoms with Crippen LogP contribution in [-0.4, -0.2) is 5.71 Å². The van der Waals surface area contributed by atoms with Crippen molar-refractivity contribution < 1.29 is 0 Å². The molecule has 30 heavy (non-hydrogen) atoms. The number of hydrogen-bond acceptors (Lipinski definition) is 3. The van der Waals surface area contributed by atoms with Crippen LogP contribution in [0.25, 0.3) is 0 Å². The summed E-state index contributed by atoms with van der Waals surface area (Å²) in [4.78, 5) is 7.62. The summed E-state index contributed by atoms with van der Waals surface area (Å²) in [5, 5.41) is 4.59. The van der Waals surface area contributed by atoms with Gasteiger partial charge in [-0.15, -0.1) is 0 Å². The van der Waals surface area contributed by atoms with Crippen molar-refractivity contribution in [3.05, 3.63) is 112 Å². The molecule has 3 heteroatoms. The number of benzene rings is 3. The lowest BCUT2D eigenvalue weighted by Gasteiger charge is -2.21. The molecule has 0 radical (unpaired) electrons. The number of allylic oxidation sites excluding steroid dienone is 2. The summed E-state index contributed by atoms with van der Waals surface area (Å²) >= 11 is 3.57. The quantitative estimate of drug-likeness (QED) is 0.378. The smallest absolute Gasteiger partial charge is 0.0711 e. The highest BCUT2D eigenvalue weighted by Gasteiger charge is 2.19. The standard InChI is InChI=1S/C27H25NS2/c1-21-15-17-24(18-16-21)28-27-22(19-29-25-11-4-2-5-12-25)9-8-10-23(27)20-30-26-13-6-3-7-14-26/h2-7,11-20H,8-10H2,1H3. The van der Waals surface area contributed by atoms with Crippen LogP contribution in [0.3, 0.4) is 0 Å². The van der Waals surface area contributed by atoms with Gasteiger partial charge in [-0.05, 0) is 84.5 Å². The van der Waals surface area contributed by atoms with Crippen molar-refractivity contribution in [1.82, 2.24) is 0 Å². The maximum atomic E-state index is 5.10. The minimum absolute atomic E-state index is 1.02. The maximum absolute atomic E-state index is 5.10. The summed E-state index contributed by atoms with van der Waals surface area (Å²) in [6.45, 7) is 2.11. The summed E-state index contributed by atoms with van der Waals surface area (Å²) in [5.74, 6) is 0. The number of hydrogen-bond donors (Lipinski definition) is 0. The van der Waals surface area contributed by atoms with Crippen LogP contribution >= 0.6 is 23.5 Å². The number of aliphatic imine (C=N–C) groups is 1. The molecule has 1 aliphatic rings. The second-order valence-corrected chi connectivity index (χ2v) is 9.18. The van der Waals surface area contributed by atoms with Gasteiger partial charge in [0, 0.05) is 9.79 Å². The third-order valence-electron chi connectivity index (χ3n) is 4.94. The van der Waals surface area contributed by atoms with Gasteiger partial charge in [0.2, 0.25) is 0 Å². The largest absolute Gasteiger partial charge is 0.248 e. The second kappa shape index (κ2) is 10.5. The fourth-order valence-electron chi connectivity index (χ4n) is 3.31. The summed E-state index contributed by atoms with van der Waals surface area (Å²) in [6, 6.07) is 29.6. The Morgan fingerprint density at radius 3 is 1.67 bits per heavy atom. The molecule has 1 nitrogen and oxygen atoms in total. The molecule has 3 aromatic carbocycles. The molecule has 0 atom stereocenters. The highest BCUT2D eigenvalue weighted by atomic mass is 32.2. The van der Waals surface area contributed by atoms with Gasteiger partial charge in [0.15, 0.2) is 0 Å². The molecule has 0 bridgehead atoms. The lowest BCUT2D eigenvalue weighted by atomic mass is 9.90. The van der Waals surface area contributed by atoms with E-state index in [1.807, 2.05) is 0 Å². The van der Waals surface area contributed by atoms with Crippen molar-refractivity contribution in [2.24, 2.45) is 4.99 Å². The molecule has 0 aromatic heterocycles. The Labute approximate surface area is 188 Å². The van der Waals surface area contributed by atoms with Crippen LogP contribution in [0.1, 0.15) is 24.8 Å². The first-order chi connectivity index (χ1) is 14.8. The molecule has 4 rings (SSSR count). The van der Waals surface area contributed by atoms with Gasteiger partial charge in [-0.25, -0.2) is 4.99 Å². The fourth-order valence-corrected chi connectivity index (χ4v) is 4.95. The van der Waals surface area contributed by atoms with Crippen molar-refractivity contribution in [2.45, 2.75) is 36.0 Å². The predicted octanol–water partition coefficient (Wildman–Crippen LogP) is 8.60. The van der Waals surface area contributed by atoms with Gasteiger partial charge in [-0.1, -0.05) is 77.6 Å². The molecule has 1 saturated carbocycles. The number of aryl methyl sites for hydroxylation is 1. The average molecular weight is 428 g/mol. The van der Waals surface area contributed by atoms with Crippen LogP contribution < -0.4 is 0 Å². The molecule has 0 heterocycles. The summed E-state index contributed by atoms with van der Waals surface area (Å²) in [5.41, 5.74) is 6.07. The Kier molecular flexibility index (Phi) is 7.28. The third-order valence-corrected chi connectivity index (χ3v) is 6.83. The molecule has 0 N–H and O–H groups in total. The maximum Gasteiger partial charge on any atom is 0.0711 e. The highest BCUT2D eigenvalue weighted by molar-refractivity contribution is 8.02. The zero-order chi connectivity index (χ0) is 20.6. The van der Waals surface area contributed by atoms with Gasteiger partial charge in [0.05, 0.1) is 11.4 Å². The Balaban J connectivity index is 1.66. The summed E-state index contributed by atoms with van der Waals surface area (Å²) in [7, 11) is 0. The van der Waals surface area contributed by atoms with E-state index >= 15 is 0 Å². The van der Waals surface area contributed by atoms with Crippen LogP contribution in [0.2, 0.25) is 0 Å². The van der Waals surface area contributed by atoms with E-state index in [-0.39, 0.29) is 0 Å². The van der Waals surface area contributed by atoms with E-state index in [4.69, 9.17) is 4.99 Å². The van der Waals surface area contributed by atoms with Crippen LogP contribution in [0.4, 0.5) is 5.69 Å². The Morgan fingerprint density at radius 1 is 0.667 bits per heavy atom. The molecular formula is C27H25NS2. The van der Waals surface area contributed by atoms with Gasteiger partial charge in [-0.3, -0.25) is 0 Å². The minimum atomic E-state index is 1.02. The van der Waals surface area contributed by atoms with Gasteiger partial charge in [0.25, 0.3) is 0 Å². The van der Waals surface area contributed by atoms with Gasteiger partial charge in [0.1, 0.15) is 0 Å². The average Bonchev–Trinajstić information content (AvgIpc) is 2.80. The van der Waals surface area contributed by atoms with Gasteiger partial charge < -0.3 is 0 Å². The van der Waals surface area contributed by atoms with E-state index < -0.39 is 0 Å². The molecule has 0 saturated heterocycles.